The third-order valence-corrected chi connectivity index (χ3v) is 2.35. The Morgan fingerprint density at radius 2 is 2.33 bits per heavy atom. The summed E-state index contributed by atoms with van der Waals surface area (Å²) in [5.41, 5.74) is 0. The van der Waals surface area contributed by atoms with E-state index in [1.807, 2.05) is 6.08 Å². The molecule has 12 heavy (non-hydrogen) atoms. The van der Waals surface area contributed by atoms with E-state index in [1.165, 1.54) is 25.7 Å². The number of rotatable bonds is 3. The topological polar surface area (TPSA) is 23.1 Å². The Hall–Kier alpha value is 0.137. The third kappa shape index (κ3) is 4.23. The Morgan fingerprint density at radius 1 is 1.58 bits per heavy atom. The molecule has 0 saturated heterocycles. The van der Waals surface area contributed by atoms with Gasteiger partial charge in [0.2, 0.25) is 0 Å². The molecular weight excluding hydrogens is 143 g/mol. The van der Waals surface area contributed by atoms with E-state index in [1.54, 1.807) is 0 Å². The molecule has 1 rings (SSSR count). The Balaban J connectivity index is 0.00000121. The van der Waals surface area contributed by atoms with Crippen molar-refractivity contribution in [3.05, 3.63) is 11.8 Å². The molecule has 0 heterocycles. The van der Waals surface area contributed by atoms with Gasteiger partial charge >= 0.3 is 18.9 Å². The first-order valence-electron chi connectivity index (χ1n) is 4.70. The maximum absolute atomic E-state index is 11.0. The summed E-state index contributed by atoms with van der Waals surface area (Å²) in [6.45, 7) is 2.20. The SMILES string of the molecule is CCCCC1C=C([O-])CCC1.[Li+]. The zero-order valence-electron chi connectivity index (χ0n) is 8.31. The summed E-state index contributed by atoms with van der Waals surface area (Å²) in [5, 5.41) is 11.0. The van der Waals surface area contributed by atoms with Crippen molar-refractivity contribution in [2.24, 2.45) is 5.92 Å². The molecule has 2 heteroatoms. The van der Waals surface area contributed by atoms with Crippen LogP contribution in [0.15, 0.2) is 11.8 Å². The Morgan fingerprint density at radius 3 is 2.92 bits per heavy atom. The second-order valence-electron chi connectivity index (χ2n) is 3.43. The van der Waals surface area contributed by atoms with Crippen molar-refractivity contribution in [1.82, 2.24) is 0 Å². The molecule has 0 aromatic heterocycles. The van der Waals surface area contributed by atoms with E-state index in [0.717, 1.165) is 12.8 Å². The van der Waals surface area contributed by atoms with Gasteiger partial charge in [0, 0.05) is 0 Å². The summed E-state index contributed by atoms with van der Waals surface area (Å²) in [4.78, 5) is 0. The van der Waals surface area contributed by atoms with Gasteiger partial charge in [0.05, 0.1) is 0 Å². The van der Waals surface area contributed by atoms with E-state index in [2.05, 4.69) is 6.92 Å². The maximum Gasteiger partial charge on any atom is 1.00 e. The van der Waals surface area contributed by atoms with Crippen molar-refractivity contribution in [3.63, 3.8) is 0 Å². The predicted molar refractivity (Wildman–Crippen MR) is 44.9 cm³/mol. The second-order valence-corrected chi connectivity index (χ2v) is 3.43. The largest absolute Gasteiger partial charge is 1.00 e. The molecule has 1 atom stereocenters. The number of allylic oxidation sites excluding steroid dienone is 2. The van der Waals surface area contributed by atoms with Gasteiger partial charge in [-0.1, -0.05) is 25.8 Å². The molecule has 0 amide bonds. The summed E-state index contributed by atoms with van der Waals surface area (Å²) in [7, 11) is 0. The number of hydrogen-bond donors (Lipinski definition) is 0. The zero-order chi connectivity index (χ0) is 8.10. The van der Waals surface area contributed by atoms with Gasteiger partial charge in [-0.25, -0.2) is 0 Å². The molecule has 0 aromatic rings. The molecule has 0 fully saturated rings. The Labute approximate surface area is 87.4 Å². The van der Waals surface area contributed by atoms with Gasteiger partial charge in [0.15, 0.2) is 0 Å². The zero-order valence-corrected chi connectivity index (χ0v) is 8.31. The van der Waals surface area contributed by atoms with Gasteiger partial charge < -0.3 is 5.11 Å². The normalized spacial score (nSPS) is 22.8. The molecule has 1 nitrogen and oxygen atoms in total. The maximum atomic E-state index is 11.0. The van der Waals surface area contributed by atoms with Crippen LogP contribution in [0, 0.1) is 5.92 Å². The van der Waals surface area contributed by atoms with Crippen LogP contribution < -0.4 is 24.0 Å². The third-order valence-electron chi connectivity index (χ3n) is 2.35. The van der Waals surface area contributed by atoms with E-state index in [4.69, 9.17) is 0 Å². The first kappa shape index (κ1) is 12.1. The predicted octanol–water partition coefficient (Wildman–Crippen LogP) is -0.775. The molecule has 1 unspecified atom stereocenters. The molecule has 1 aliphatic carbocycles. The minimum atomic E-state index is 0. The fraction of sp³-hybridized carbons (Fsp3) is 0.800. The fourth-order valence-corrected chi connectivity index (χ4v) is 1.66. The van der Waals surface area contributed by atoms with Crippen LogP contribution in [0.5, 0.6) is 0 Å². The summed E-state index contributed by atoms with van der Waals surface area (Å²) < 4.78 is 0. The molecule has 0 radical (unpaired) electrons. The molecule has 0 N–H and O–H groups in total. The second kappa shape index (κ2) is 6.63. The average molecular weight is 160 g/mol. The molecule has 0 bridgehead atoms. The van der Waals surface area contributed by atoms with Crippen molar-refractivity contribution >= 4 is 0 Å². The standard InChI is InChI=1S/C10H18O.Li/c1-2-3-5-9-6-4-7-10(11)8-9;/h8-9,11H,2-7H2,1H3;/q;+1/p-1. The summed E-state index contributed by atoms with van der Waals surface area (Å²) >= 11 is 0. The van der Waals surface area contributed by atoms with Crippen molar-refractivity contribution < 1.29 is 24.0 Å². The molecule has 1 aliphatic rings. The van der Waals surface area contributed by atoms with Crippen LogP contribution in [0.1, 0.15) is 45.4 Å². The van der Waals surface area contributed by atoms with Gasteiger partial charge in [-0.15, -0.1) is 5.76 Å². The van der Waals surface area contributed by atoms with Crippen LogP contribution in [0.4, 0.5) is 0 Å². The van der Waals surface area contributed by atoms with E-state index in [9.17, 15) is 5.11 Å². The van der Waals surface area contributed by atoms with Crippen LogP contribution >= 0.6 is 0 Å². The quantitative estimate of drug-likeness (QED) is 0.497. The number of unbranched alkanes of at least 4 members (excludes halogenated alkanes) is 1. The molecule has 0 saturated carbocycles. The van der Waals surface area contributed by atoms with Crippen LogP contribution in [-0.4, -0.2) is 0 Å². The van der Waals surface area contributed by atoms with Gasteiger partial charge in [-0.2, -0.15) is 0 Å². The minimum Gasteiger partial charge on any atom is -0.876 e. The van der Waals surface area contributed by atoms with Crippen molar-refractivity contribution in [3.8, 4) is 0 Å². The van der Waals surface area contributed by atoms with Crippen LogP contribution in [0.2, 0.25) is 0 Å². The minimum absolute atomic E-state index is 0. The Kier molecular flexibility index (Phi) is 6.71. The Bertz CT molecular complexity index is 143. The van der Waals surface area contributed by atoms with Crippen molar-refractivity contribution in [2.75, 3.05) is 0 Å². The van der Waals surface area contributed by atoms with Crippen LogP contribution in [0.3, 0.4) is 0 Å². The molecule has 0 spiro atoms. The van der Waals surface area contributed by atoms with Crippen LogP contribution in [-0.2, 0) is 0 Å². The smallest absolute Gasteiger partial charge is 0.876 e. The molecule has 64 valence electrons. The number of hydrogen-bond acceptors (Lipinski definition) is 1. The first-order valence-corrected chi connectivity index (χ1v) is 4.70. The molecule has 0 aromatic carbocycles. The summed E-state index contributed by atoms with van der Waals surface area (Å²) in [6, 6.07) is 0. The fourth-order valence-electron chi connectivity index (χ4n) is 1.66. The monoisotopic (exact) mass is 160 g/mol. The van der Waals surface area contributed by atoms with Gasteiger partial charge in [0.1, 0.15) is 0 Å². The van der Waals surface area contributed by atoms with E-state index < -0.39 is 0 Å². The van der Waals surface area contributed by atoms with E-state index in [0.29, 0.717) is 11.7 Å². The van der Waals surface area contributed by atoms with Crippen molar-refractivity contribution in [2.45, 2.75) is 45.4 Å². The van der Waals surface area contributed by atoms with Crippen molar-refractivity contribution in [1.29, 1.82) is 0 Å². The van der Waals surface area contributed by atoms with Gasteiger partial charge in [-0.3, -0.25) is 0 Å². The van der Waals surface area contributed by atoms with E-state index in [-0.39, 0.29) is 18.9 Å². The summed E-state index contributed by atoms with van der Waals surface area (Å²) in [5.74, 6) is 0.980. The first-order chi connectivity index (χ1) is 5.33. The molecular formula is C10H17LiO. The van der Waals surface area contributed by atoms with E-state index >= 15 is 0 Å². The summed E-state index contributed by atoms with van der Waals surface area (Å²) in [6.07, 6.45) is 8.84. The van der Waals surface area contributed by atoms with Gasteiger partial charge in [-0.05, 0) is 31.6 Å². The van der Waals surface area contributed by atoms with Crippen LogP contribution in [0.25, 0.3) is 0 Å². The van der Waals surface area contributed by atoms with Gasteiger partial charge in [0.25, 0.3) is 0 Å². The molecule has 0 aliphatic heterocycles. The average Bonchev–Trinajstić information content (AvgIpc) is 2.01.